The van der Waals surface area contributed by atoms with Gasteiger partial charge in [-0.2, -0.15) is 5.10 Å². The highest BCUT2D eigenvalue weighted by molar-refractivity contribution is 7.71. The van der Waals surface area contributed by atoms with Gasteiger partial charge in [0, 0.05) is 31.7 Å². The van der Waals surface area contributed by atoms with Gasteiger partial charge in [0.15, 0.2) is 10.6 Å². The van der Waals surface area contributed by atoms with Gasteiger partial charge in [-0.3, -0.25) is 19.3 Å². The summed E-state index contributed by atoms with van der Waals surface area (Å²) < 4.78 is 2.16. The lowest BCUT2D eigenvalue weighted by Gasteiger charge is -2.35. The van der Waals surface area contributed by atoms with Gasteiger partial charge in [-0.15, -0.1) is 11.3 Å². The molecule has 1 aliphatic rings. The second-order valence-corrected chi connectivity index (χ2v) is 9.20. The van der Waals surface area contributed by atoms with Crippen LogP contribution in [0.1, 0.15) is 35.7 Å². The summed E-state index contributed by atoms with van der Waals surface area (Å²) >= 11 is 6.88. The molecule has 2 aromatic heterocycles. The van der Waals surface area contributed by atoms with Gasteiger partial charge < -0.3 is 9.80 Å². The van der Waals surface area contributed by atoms with E-state index < -0.39 is 0 Å². The van der Waals surface area contributed by atoms with E-state index in [1.807, 2.05) is 46.7 Å². The van der Waals surface area contributed by atoms with E-state index in [1.165, 1.54) is 5.56 Å². The average molecular weight is 456 g/mol. The summed E-state index contributed by atoms with van der Waals surface area (Å²) in [6.07, 6.45) is 0. The van der Waals surface area contributed by atoms with Crippen molar-refractivity contribution in [3.8, 4) is 10.7 Å². The Morgan fingerprint density at radius 3 is 2.39 bits per heavy atom. The van der Waals surface area contributed by atoms with Gasteiger partial charge >= 0.3 is 0 Å². The molecule has 1 aromatic carbocycles. The minimum atomic E-state index is -0.0244. The first-order chi connectivity index (χ1) is 14.9. The number of nitrogens with one attached hydrogen (secondary N) is 1. The zero-order chi connectivity index (χ0) is 22.0. The zero-order valence-corrected chi connectivity index (χ0v) is 19.2. The number of carbonyl (C=O) groups excluding carboxylic acids is 2. The Bertz CT molecular complexity index is 1110. The minimum absolute atomic E-state index is 0.0134. The Morgan fingerprint density at radius 1 is 1.10 bits per heavy atom. The van der Waals surface area contributed by atoms with Crippen molar-refractivity contribution >= 4 is 35.4 Å². The number of rotatable bonds is 5. The third-order valence-electron chi connectivity index (χ3n) is 5.54. The number of amides is 2. The van der Waals surface area contributed by atoms with E-state index in [1.54, 1.807) is 20.8 Å². The number of benzene rings is 1. The molecule has 0 bridgehead atoms. The second kappa shape index (κ2) is 9.15. The molecule has 0 spiro atoms. The van der Waals surface area contributed by atoms with E-state index in [0.717, 1.165) is 4.88 Å². The fourth-order valence-electron chi connectivity index (χ4n) is 3.65. The van der Waals surface area contributed by atoms with Crippen LogP contribution in [-0.4, -0.2) is 62.6 Å². The molecule has 162 valence electrons. The van der Waals surface area contributed by atoms with Crippen LogP contribution < -0.4 is 0 Å². The average Bonchev–Trinajstić information content (AvgIpc) is 3.44. The molecule has 0 saturated carbocycles. The molecule has 9 heteroatoms. The van der Waals surface area contributed by atoms with Gasteiger partial charge in [0.25, 0.3) is 5.91 Å². The van der Waals surface area contributed by atoms with Gasteiger partial charge in [-0.25, -0.2) is 0 Å². The Balaban J connectivity index is 1.37. The second-order valence-electron chi connectivity index (χ2n) is 7.87. The molecule has 1 N–H and O–H groups in total. The van der Waals surface area contributed by atoms with Crippen LogP contribution in [0.4, 0.5) is 0 Å². The number of aromatic nitrogens is 3. The van der Waals surface area contributed by atoms with E-state index >= 15 is 0 Å². The van der Waals surface area contributed by atoms with Gasteiger partial charge in [0.1, 0.15) is 6.54 Å². The third-order valence-corrected chi connectivity index (χ3v) is 6.71. The van der Waals surface area contributed by atoms with Gasteiger partial charge in [0.05, 0.1) is 4.88 Å². The molecule has 0 unspecified atom stereocenters. The molecular formula is C22H25N5O2S2. The summed E-state index contributed by atoms with van der Waals surface area (Å²) in [5, 5.41) is 9.02. The van der Waals surface area contributed by atoms with Crippen molar-refractivity contribution < 1.29 is 9.59 Å². The molecule has 1 aliphatic heterocycles. The molecule has 7 nitrogen and oxygen atoms in total. The van der Waals surface area contributed by atoms with Crippen molar-refractivity contribution in [3.05, 3.63) is 57.7 Å². The lowest BCUT2D eigenvalue weighted by atomic mass is 10.0. The van der Waals surface area contributed by atoms with E-state index in [-0.39, 0.29) is 18.4 Å². The Morgan fingerprint density at radius 2 is 1.77 bits per heavy atom. The Labute approximate surface area is 190 Å². The first kappa shape index (κ1) is 21.5. The minimum Gasteiger partial charge on any atom is -0.338 e. The number of thiophene rings is 1. The van der Waals surface area contributed by atoms with Crippen LogP contribution >= 0.6 is 23.6 Å². The summed E-state index contributed by atoms with van der Waals surface area (Å²) in [6.45, 7) is 6.45. The fourth-order valence-corrected chi connectivity index (χ4v) is 4.56. The van der Waals surface area contributed by atoms with Crippen LogP contribution in [-0.2, 0) is 11.3 Å². The van der Waals surface area contributed by atoms with Crippen LogP contribution in [0.15, 0.2) is 41.8 Å². The first-order valence-corrected chi connectivity index (χ1v) is 11.6. The Kier molecular flexibility index (Phi) is 6.33. The molecular weight excluding hydrogens is 430 g/mol. The number of aromatic amines is 1. The molecule has 0 radical (unpaired) electrons. The summed E-state index contributed by atoms with van der Waals surface area (Å²) in [5.41, 5.74) is 1.90. The van der Waals surface area contributed by atoms with Crippen molar-refractivity contribution in [1.29, 1.82) is 0 Å². The highest BCUT2D eigenvalue weighted by Gasteiger charge is 2.26. The number of H-pyrrole nitrogens is 1. The number of nitrogens with zero attached hydrogens (tertiary/aromatic N) is 4. The summed E-state index contributed by atoms with van der Waals surface area (Å²) in [4.78, 5) is 30.3. The molecule has 3 aromatic rings. The predicted molar refractivity (Wildman–Crippen MR) is 124 cm³/mol. The first-order valence-electron chi connectivity index (χ1n) is 10.3. The molecule has 2 amide bonds. The van der Waals surface area contributed by atoms with Crippen LogP contribution in [0.2, 0.25) is 0 Å². The van der Waals surface area contributed by atoms with Crippen molar-refractivity contribution in [2.24, 2.45) is 0 Å². The third kappa shape index (κ3) is 4.62. The SMILES string of the molecule is CC(C)c1ccc(C(=O)N2CCN(C(=O)Cn3c(-c4cccs4)n[nH]c3=S)CC2)cc1. The van der Waals surface area contributed by atoms with Crippen molar-refractivity contribution in [1.82, 2.24) is 24.6 Å². The molecule has 31 heavy (non-hydrogen) atoms. The van der Waals surface area contributed by atoms with Crippen molar-refractivity contribution in [2.45, 2.75) is 26.3 Å². The van der Waals surface area contributed by atoms with Gasteiger partial charge in [-0.05, 0) is 47.3 Å². The molecule has 1 fully saturated rings. The largest absolute Gasteiger partial charge is 0.338 e. The van der Waals surface area contributed by atoms with E-state index in [9.17, 15) is 9.59 Å². The van der Waals surface area contributed by atoms with Crippen LogP contribution in [0.25, 0.3) is 10.7 Å². The van der Waals surface area contributed by atoms with Crippen molar-refractivity contribution in [3.63, 3.8) is 0 Å². The van der Waals surface area contributed by atoms with E-state index in [2.05, 4.69) is 24.0 Å². The van der Waals surface area contributed by atoms with Crippen LogP contribution in [0.5, 0.6) is 0 Å². The number of hydrogen-bond donors (Lipinski definition) is 1. The maximum absolute atomic E-state index is 12.9. The fraction of sp³-hybridized carbons (Fsp3) is 0.364. The summed E-state index contributed by atoms with van der Waals surface area (Å²) in [7, 11) is 0. The lowest BCUT2D eigenvalue weighted by Crippen LogP contribution is -2.51. The molecule has 0 atom stereocenters. The highest BCUT2D eigenvalue weighted by atomic mass is 32.1. The topological polar surface area (TPSA) is 74.2 Å². The summed E-state index contributed by atoms with van der Waals surface area (Å²) in [5.74, 6) is 1.10. The Hall–Kier alpha value is -2.78. The standard InChI is InChI=1S/C22H25N5O2S2/c1-15(2)16-5-7-17(8-6-16)21(29)26-11-9-25(10-12-26)19(28)14-27-20(23-24-22(27)30)18-4-3-13-31-18/h3-8,13,15H,9-12,14H2,1-2H3,(H,24,30). The number of hydrogen-bond acceptors (Lipinski definition) is 5. The van der Waals surface area contributed by atoms with E-state index in [0.29, 0.717) is 48.3 Å². The number of carbonyl (C=O) groups is 2. The highest BCUT2D eigenvalue weighted by Crippen LogP contribution is 2.23. The normalized spacial score (nSPS) is 14.3. The quantitative estimate of drug-likeness (QED) is 0.594. The monoisotopic (exact) mass is 455 g/mol. The van der Waals surface area contributed by atoms with Gasteiger partial charge in [-0.1, -0.05) is 32.0 Å². The molecule has 3 heterocycles. The van der Waals surface area contributed by atoms with Crippen molar-refractivity contribution in [2.75, 3.05) is 26.2 Å². The predicted octanol–water partition coefficient (Wildman–Crippen LogP) is 3.78. The smallest absolute Gasteiger partial charge is 0.253 e. The molecule has 0 aliphatic carbocycles. The van der Waals surface area contributed by atoms with Gasteiger partial charge in [0.2, 0.25) is 5.91 Å². The van der Waals surface area contributed by atoms with Crippen LogP contribution in [0, 0.1) is 4.77 Å². The maximum Gasteiger partial charge on any atom is 0.253 e. The number of piperazine rings is 1. The van der Waals surface area contributed by atoms with Crippen LogP contribution in [0.3, 0.4) is 0 Å². The zero-order valence-electron chi connectivity index (χ0n) is 17.6. The lowest BCUT2D eigenvalue weighted by molar-refractivity contribution is -0.133. The summed E-state index contributed by atoms with van der Waals surface area (Å²) in [6, 6.07) is 11.7. The molecule has 1 saturated heterocycles. The van der Waals surface area contributed by atoms with E-state index in [4.69, 9.17) is 12.2 Å². The maximum atomic E-state index is 12.9. The molecule has 4 rings (SSSR count).